The number of nitrogens with two attached hydrogens (primary N) is 1. The van der Waals surface area contributed by atoms with Gasteiger partial charge in [-0.2, -0.15) is 0 Å². The highest BCUT2D eigenvalue weighted by atomic mass is 16.1. The van der Waals surface area contributed by atoms with Crippen LogP contribution in [-0.2, 0) is 24.3 Å². The second kappa shape index (κ2) is 8.11. The van der Waals surface area contributed by atoms with E-state index in [1.165, 1.54) is 5.56 Å². The Morgan fingerprint density at radius 2 is 2.12 bits per heavy atom. The third-order valence-electron chi connectivity index (χ3n) is 4.79. The number of nitrogens with one attached hydrogen (secondary N) is 1. The molecule has 1 saturated carbocycles. The average molecular weight is 326 g/mol. The maximum atomic E-state index is 12.3. The first-order valence-corrected chi connectivity index (χ1v) is 8.79. The highest BCUT2D eigenvalue weighted by Crippen LogP contribution is 2.23. The Labute approximate surface area is 143 Å². The molecule has 1 heterocycles. The van der Waals surface area contributed by atoms with Crippen LogP contribution >= 0.6 is 0 Å². The number of rotatable bonds is 6. The van der Waals surface area contributed by atoms with Gasteiger partial charge in [0.25, 0.3) is 0 Å². The van der Waals surface area contributed by atoms with Crippen molar-refractivity contribution >= 4 is 5.91 Å². The predicted octanol–water partition coefficient (Wildman–Crippen LogP) is 2.26. The van der Waals surface area contributed by atoms with Crippen molar-refractivity contribution in [2.24, 2.45) is 11.7 Å². The lowest BCUT2D eigenvalue weighted by atomic mass is 9.85. The summed E-state index contributed by atoms with van der Waals surface area (Å²) < 4.78 is 2.11. The first kappa shape index (κ1) is 16.7. The van der Waals surface area contributed by atoms with E-state index in [1.807, 2.05) is 12.3 Å². The van der Waals surface area contributed by atoms with Crippen LogP contribution < -0.4 is 11.1 Å². The van der Waals surface area contributed by atoms with Crippen molar-refractivity contribution in [3.8, 4) is 0 Å². The van der Waals surface area contributed by atoms with Crippen LogP contribution in [0.25, 0.3) is 0 Å². The van der Waals surface area contributed by atoms with Crippen molar-refractivity contribution in [3.05, 3.63) is 54.1 Å². The van der Waals surface area contributed by atoms with E-state index in [4.69, 9.17) is 5.73 Å². The van der Waals surface area contributed by atoms with Crippen molar-refractivity contribution in [3.63, 3.8) is 0 Å². The zero-order chi connectivity index (χ0) is 16.8. The lowest BCUT2D eigenvalue weighted by molar-refractivity contribution is -0.126. The maximum Gasteiger partial charge on any atom is 0.223 e. The molecule has 0 bridgehead atoms. The molecular formula is C19H26N4O. The van der Waals surface area contributed by atoms with Gasteiger partial charge in [-0.3, -0.25) is 4.79 Å². The quantitative estimate of drug-likeness (QED) is 0.855. The largest absolute Gasteiger partial charge is 0.349 e. The molecule has 3 N–H and O–H groups in total. The monoisotopic (exact) mass is 326 g/mol. The van der Waals surface area contributed by atoms with Gasteiger partial charge in [-0.15, -0.1) is 0 Å². The fourth-order valence-electron chi connectivity index (χ4n) is 3.38. The van der Waals surface area contributed by atoms with Crippen molar-refractivity contribution in [1.82, 2.24) is 14.9 Å². The van der Waals surface area contributed by atoms with Gasteiger partial charge in [-0.25, -0.2) is 4.98 Å². The number of aryl methyl sites for hydroxylation is 2. The Balaban J connectivity index is 1.51. The minimum Gasteiger partial charge on any atom is -0.349 e. The van der Waals surface area contributed by atoms with E-state index in [2.05, 4.69) is 39.1 Å². The summed E-state index contributed by atoms with van der Waals surface area (Å²) >= 11 is 0. The standard InChI is InChI=1S/C19H26N4O/c20-17-8-4-7-16(13-17)19(24)22-14-18-21-10-12-23(18)11-9-15-5-2-1-3-6-15/h1-3,5-6,10,12,16-17H,4,7-9,11,13-14,20H2,(H,22,24). The summed E-state index contributed by atoms with van der Waals surface area (Å²) in [6, 6.07) is 10.6. The smallest absolute Gasteiger partial charge is 0.223 e. The minimum atomic E-state index is 0.0569. The van der Waals surface area contributed by atoms with Crippen molar-refractivity contribution in [2.75, 3.05) is 0 Å². The highest BCUT2D eigenvalue weighted by molar-refractivity contribution is 5.78. The van der Waals surface area contributed by atoms with Crippen LogP contribution in [0.2, 0.25) is 0 Å². The number of carbonyl (C=O) groups is 1. The lowest BCUT2D eigenvalue weighted by Crippen LogP contribution is -2.37. The number of carbonyl (C=O) groups excluding carboxylic acids is 1. The number of nitrogens with zero attached hydrogens (tertiary/aromatic N) is 2. The van der Waals surface area contributed by atoms with E-state index in [1.54, 1.807) is 6.20 Å². The molecule has 0 spiro atoms. The summed E-state index contributed by atoms with van der Waals surface area (Å²) in [7, 11) is 0. The molecule has 0 saturated heterocycles. The maximum absolute atomic E-state index is 12.3. The van der Waals surface area contributed by atoms with Crippen molar-refractivity contribution in [1.29, 1.82) is 0 Å². The summed E-state index contributed by atoms with van der Waals surface area (Å²) in [5.74, 6) is 1.07. The van der Waals surface area contributed by atoms with Crippen LogP contribution in [0.3, 0.4) is 0 Å². The van der Waals surface area contributed by atoms with Crippen LogP contribution in [0.15, 0.2) is 42.7 Å². The van der Waals surface area contributed by atoms with E-state index in [0.29, 0.717) is 6.54 Å². The lowest BCUT2D eigenvalue weighted by Gasteiger charge is -2.25. The molecular weight excluding hydrogens is 300 g/mol. The van der Waals surface area contributed by atoms with Crippen LogP contribution in [0.4, 0.5) is 0 Å². The zero-order valence-corrected chi connectivity index (χ0v) is 14.0. The number of hydrogen-bond acceptors (Lipinski definition) is 3. The summed E-state index contributed by atoms with van der Waals surface area (Å²) in [5.41, 5.74) is 7.28. The van der Waals surface area contributed by atoms with Gasteiger partial charge in [-0.05, 0) is 31.2 Å². The van der Waals surface area contributed by atoms with Gasteiger partial charge in [0.1, 0.15) is 5.82 Å². The molecule has 5 heteroatoms. The summed E-state index contributed by atoms with van der Waals surface area (Å²) in [4.78, 5) is 16.7. The molecule has 2 atom stereocenters. The molecule has 0 radical (unpaired) electrons. The molecule has 2 unspecified atom stereocenters. The van der Waals surface area contributed by atoms with Gasteiger partial charge in [0.05, 0.1) is 6.54 Å². The average Bonchev–Trinajstić information content (AvgIpc) is 3.06. The second-order valence-electron chi connectivity index (χ2n) is 6.61. The normalized spacial score (nSPS) is 20.7. The van der Waals surface area contributed by atoms with Gasteiger partial charge in [-0.1, -0.05) is 36.8 Å². The fraction of sp³-hybridized carbons (Fsp3) is 0.474. The molecule has 1 aromatic carbocycles. The molecule has 1 amide bonds. The van der Waals surface area contributed by atoms with Gasteiger partial charge in [0.2, 0.25) is 5.91 Å². The first-order valence-electron chi connectivity index (χ1n) is 8.79. The molecule has 1 aliphatic rings. The van der Waals surface area contributed by atoms with Gasteiger partial charge < -0.3 is 15.6 Å². The van der Waals surface area contributed by atoms with Gasteiger partial charge >= 0.3 is 0 Å². The molecule has 3 rings (SSSR count). The first-order chi connectivity index (χ1) is 11.7. The molecule has 24 heavy (non-hydrogen) atoms. The molecule has 1 aromatic heterocycles. The van der Waals surface area contributed by atoms with E-state index in [9.17, 15) is 4.79 Å². The Bertz CT molecular complexity index is 652. The second-order valence-corrected chi connectivity index (χ2v) is 6.61. The molecule has 5 nitrogen and oxygen atoms in total. The van der Waals surface area contributed by atoms with Crippen molar-refractivity contribution in [2.45, 2.75) is 51.2 Å². The molecule has 2 aromatic rings. The zero-order valence-electron chi connectivity index (χ0n) is 14.0. The van der Waals surface area contributed by atoms with E-state index in [0.717, 1.165) is 44.5 Å². The van der Waals surface area contributed by atoms with Gasteiger partial charge in [0, 0.05) is 30.9 Å². The number of hydrogen-bond donors (Lipinski definition) is 2. The van der Waals surface area contributed by atoms with Crippen LogP contribution in [-0.4, -0.2) is 21.5 Å². The van der Waals surface area contributed by atoms with Crippen molar-refractivity contribution < 1.29 is 4.79 Å². The number of imidazole rings is 1. The Morgan fingerprint density at radius 3 is 2.92 bits per heavy atom. The highest BCUT2D eigenvalue weighted by Gasteiger charge is 2.25. The summed E-state index contributed by atoms with van der Waals surface area (Å²) in [5, 5.41) is 3.04. The fourth-order valence-corrected chi connectivity index (χ4v) is 3.38. The Kier molecular flexibility index (Phi) is 5.64. The van der Waals surface area contributed by atoms with E-state index in [-0.39, 0.29) is 17.9 Å². The third kappa shape index (κ3) is 4.45. The molecule has 1 fully saturated rings. The Morgan fingerprint density at radius 1 is 1.29 bits per heavy atom. The minimum absolute atomic E-state index is 0.0569. The van der Waals surface area contributed by atoms with Crippen LogP contribution in [0.5, 0.6) is 0 Å². The molecule has 0 aliphatic heterocycles. The molecule has 128 valence electrons. The third-order valence-corrected chi connectivity index (χ3v) is 4.79. The summed E-state index contributed by atoms with van der Waals surface area (Å²) in [6.07, 6.45) is 8.55. The van der Waals surface area contributed by atoms with Crippen LogP contribution in [0.1, 0.15) is 37.1 Å². The topological polar surface area (TPSA) is 72.9 Å². The van der Waals surface area contributed by atoms with E-state index < -0.39 is 0 Å². The summed E-state index contributed by atoms with van der Waals surface area (Å²) in [6.45, 7) is 1.34. The SMILES string of the molecule is NC1CCCC(C(=O)NCc2nccn2CCc2ccccc2)C1. The predicted molar refractivity (Wildman–Crippen MR) is 94.2 cm³/mol. The number of amides is 1. The molecule has 1 aliphatic carbocycles. The van der Waals surface area contributed by atoms with E-state index >= 15 is 0 Å². The van der Waals surface area contributed by atoms with Gasteiger partial charge in [0.15, 0.2) is 0 Å². The van der Waals surface area contributed by atoms with Crippen LogP contribution in [0, 0.1) is 5.92 Å². The number of benzene rings is 1. The Hall–Kier alpha value is -2.14. The number of aromatic nitrogens is 2.